The average molecular weight is 435 g/mol. The van der Waals surface area contributed by atoms with Crippen molar-refractivity contribution in [3.63, 3.8) is 0 Å². The quantitative estimate of drug-likeness (QED) is 0.449. The fourth-order valence-corrected chi connectivity index (χ4v) is 3.83. The molecule has 1 aromatic heterocycles. The molecule has 0 saturated carbocycles. The van der Waals surface area contributed by atoms with Gasteiger partial charge in [-0.3, -0.25) is 4.79 Å². The molecule has 2 unspecified atom stereocenters. The molecule has 10 heteroatoms. The van der Waals surface area contributed by atoms with Crippen molar-refractivity contribution >= 4 is 18.5 Å². The Labute approximate surface area is 184 Å². The first-order valence-corrected chi connectivity index (χ1v) is 11.0. The van der Waals surface area contributed by atoms with Gasteiger partial charge in [0.2, 0.25) is 0 Å². The Morgan fingerprint density at radius 2 is 1.94 bits per heavy atom. The molecule has 3 heterocycles. The number of ether oxygens (including phenoxy) is 1. The molecule has 172 valence electrons. The summed E-state index contributed by atoms with van der Waals surface area (Å²) in [5.41, 5.74) is -0.0759. The van der Waals surface area contributed by atoms with Gasteiger partial charge in [0.1, 0.15) is 0 Å². The highest BCUT2D eigenvalue weighted by Gasteiger charge is 2.52. The van der Waals surface area contributed by atoms with Crippen LogP contribution in [-0.2, 0) is 14.1 Å². The summed E-state index contributed by atoms with van der Waals surface area (Å²) in [5.74, 6) is -0.0298. The molecule has 31 heavy (non-hydrogen) atoms. The summed E-state index contributed by atoms with van der Waals surface area (Å²) >= 11 is 0. The molecule has 2 aliphatic heterocycles. The summed E-state index contributed by atoms with van der Waals surface area (Å²) in [7, 11) is -0.500. The highest BCUT2D eigenvalue weighted by molar-refractivity contribution is 6.61. The molecule has 0 radical (unpaired) electrons. The fraction of sp³-hybridized carbons (Fsp3) is 0.762. The Morgan fingerprint density at radius 3 is 2.55 bits per heavy atom. The Hall–Kier alpha value is -1.75. The molecule has 9 nitrogen and oxygen atoms in total. The smallest absolute Gasteiger partial charge is 0.463 e. The lowest BCUT2D eigenvalue weighted by molar-refractivity contribution is -0.144. The number of carbonyl (C=O) groups is 1. The van der Waals surface area contributed by atoms with Crippen LogP contribution in [0.4, 0.5) is 0 Å². The maximum absolute atomic E-state index is 12.0. The first kappa shape index (κ1) is 23.9. The van der Waals surface area contributed by atoms with E-state index in [2.05, 4.69) is 9.97 Å². The van der Waals surface area contributed by atoms with E-state index >= 15 is 0 Å². The second-order valence-corrected chi connectivity index (χ2v) is 9.37. The number of carbonyl (C=O) groups excluding carboxylic acids is 1. The normalized spacial score (nSPS) is 23.6. The predicted octanol–water partition coefficient (Wildman–Crippen LogP) is 0.527. The van der Waals surface area contributed by atoms with Crippen molar-refractivity contribution < 1.29 is 29.1 Å². The number of aromatic nitrogens is 2. The van der Waals surface area contributed by atoms with Gasteiger partial charge in [-0.1, -0.05) is 0 Å². The van der Waals surface area contributed by atoms with Crippen molar-refractivity contribution in [3.8, 4) is 6.01 Å². The molecule has 2 atom stereocenters. The molecular formula is C21H34BN3O6. The molecule has 0 aromatic carbocycles. The van der Waals surface area contributed by atoms with Crippen LogP contribution in [0.3, 0.4) is 0 Å². The minimum atomic E-state index is -1.32. The largest absolute Gasteiger partial charge is 0.498 e. The number of hydrogen-bond acceptors (Lipinski definition) is 8. The lowest BCUT2D eigenvalue weighted by Crippen LogP contribution is -2.46. The molecule has 3 rings (SSSR count). The van der Waals surface area contributed by atoms with Gasteiger partial charge in [-0.05, 0) is 59.3 Å². The van der Waals surface area contributed by atoms with Gasteiger partial charge < -0.3 is 29.2 Å². The molecule has 1 aromatic rings. The van der Waals surface area contributed by atoms with E-state index in [9.17, 15) is 9.90 Å². The van der Waals surface area contributed by atoms with Crippen LogP contribution in [0.1, 0.15) is 53.4 Å². The van der Waals surface area contributed by atoms with Gasteiger partial charge in [0, 0.05) is 30.9 Å². The standard InChI is InChI=1S/C21H34BN3O6/c1-20(2)21(3,4)31-22(30-20)16-11-23-19(24-12-16)29-10-6-8-15-7-5-9-25(13-15)18(28)17(27)14-26/h11-12,15,17,26-27H,5-10,13-14H2,1-4H3. The van der Waals surface area contributed by atoms with Gasteiger partial charge in [0.15, 0.2) is 6.10 Å². The van der Waals surface area contributed by atoms with Crippen molar-refractivity contribution in [2.75, 3.05) is 26.3 Å². The first-order chi connectivity index (χ1) is 14.6. The Kier molecular flexibility index (Phi) is 7.57. The van der Waals surface area contributed by atoms with Gasteiger partial charge in [-0.2, -0.15) is 0 Å². The molecule has 2 aliphatic rings. The second kappa shape index (κ2) is 9.81. The Morgan fingerprint density at radius 1 is 1.29 bits per heavy atom. The first-order valence-electron chi connectivity index (χ1n) is 11.0. The van der Waals surface area contributed by atoms with Crippen LogP contribution in [0.15, 0.2) is 12.4 Å². The number of aliphatic hydroxyl groups is 2. The van der Waals surface area contributed by atoms with E-state index in [4.69, 9.17) is 19.2 Å². The van der Waals surface area contributed by atoms with Gasteiger partial charge in [-0.25, -0.2) is 9.97 Å². The molecule has 0 spiro atoms. The lowest BCUT2D eigenvalue weighted by Gasteiger charge is -2.33. The number of nitrogens with zero attached hydrogens (tertiary/aromatic N) is 3. The van der Waals surface area contributed by atoms with Gasteiger partial charge in [-0.15, -0.1) is 0 Å². The zero-order valence-corrected chi connectivity index (χ0v) is 18.9. The zero-order chi connectivity index (χ0) is 22.6. The van der Waals surface area contributed by atoms with Crippen LogP contribution in [0.25, 0.3) is 0 Å². The van der Waals surface area contributed by atoms with Crippen molar-refractivity contribution in [1.29, 1.82) is 0 Å². The van der Waals surface area contributed by atoms with E-state index in [1.165, 1.54) is 0 Å². The van der Waals surface area contributed by atoms with E-state index in [0.717, 1.165) is 31.1 Å². The number of rotatable bonds is 8. The summed E-state index contributed by atoms with van der Waals surface area (Å²) in [5, 5.41) is 18.5. The van der Waals surface area contributed by atoms with E-state index in [1.807, 2.05) is 27.7 Å². The third kappa shape index (κ3) is 5.74. The van der Waals surface area contributed by atoms with E-state index in [1.54, 1.807) is 17.3 Å². The Bertz CT molecular complexity index is 729. The molecule has 0 aliphatic carbocycles. The summed E-state index contributed by atoms with van der Waals surface area (Å²) in [6, 6.07) is 0.312. The van der Waals surface area contributed by atoms with Crippen molar-refractivity contribution in [2.24, 2.45) is 5.92 Å². The Balaban J connectivity index is 1.41. The molecule has 2 saturated heterocycles. The van der Waals surface area contributed by atoms with Crippen LogP contribution in [0.5, 0.6) is 6.01 Å². The van der Waals surface area contributed by atoms with E-state index in [-0.39, 0.29) is 5.91 Å². The van der Waals surface area contributed by atoms with Gasteiger partial charge in [0.05, 0.1) is 24.4 Å². The number of amides is 1. The summed E-state index contributed by atoms with van der Waals surface area (Å²) in [6.07, 6.45) is 5.68. The second-order valence-electron chi connectivity index (χ2n) is 9.37. The molecule has 1 amide bonds. The van der Waals surface area contributed by atoms with Gasteiger partial charge >= 0.3 is 13.1 Å². The van der Waals surface area contributed by atoms with Crippen LogP contribution in [-0.4, -0.2) is 81.7 Å². The third-order valence-electron chi connectivity index (χ3n) is 6.45. The van der Waals surface area contributed by atoms with Crippen LogP contribution in [0, 0.1) is 5.92 Å². The molecule has 2 N–H and O–H groups in total. The molecular weight excluding hydrogens is 401 g/mol. The SMILES string of the molecule is CC1(C)OB(c2cnc(OCCCC3CCCN(C(=O)C(O)CO)C3)nc2)OC1(C)C. The van der Waals surface area contributed by atoms with Crippen molar-refractivity contribution in [2.45, 2.75) is 70.7 Å². The van der Waals surface area contributed by atoms with Crippen molar-refractivity contribution in [1.82, 2.24) is 14.9 Å². The maximum Gasteiger partial charge on any atom is 0.498 e. The van der Waals surface area contributed by atoms with Crippen LogP contribution < -0.4 is 10.2 Å². The molecule has 2 fully saturated rings. The van der Waals surface area contributed by atoms with Gasteiger partial charge in [0.25, 0.3) is 5.91 Å². The van der Waals surface area contributed by atoms with E-state index < -0.39 is 31.0 Å². The molecule has 0 bridgehead atoms. The number of hydrogen-bond donors (Lipinski definition) is 2. The maximum atomic E-state index is 12.0. The highest BCUT2D eigenvalue weighted by Crippen LogP contribution is 2.36. The van der Waals surface area contributed by atoms with Crippen LogP contribution >= 0.6 is 0 Å². The minimum absolute atomic E-state index is 0.312. The van der Waals surface area contributed by atoms with E-state index in [0.29, 0.717) is 31.6 Å². The summed E-state index contributed by atoms with van der Waals surface area (Å²) in [4.78, 5) is 22.2. The van der Waals surface area contributed by atoms with Crippen LogP contribution in [0.2, 0.25) is 0 Å². The fourth-order valence-electron chi connectivity index (χ4n) is 3.83. The predicted molar refractivity (Wildman–Crippen MR) is 115 cm³/mol. The zero-order valence-electron chi connectivity index (χ0n) is 18.9. The monoisotopic (exact) mass is 435 g/mol. The topological polar surface area (TPSA) is 114 Å². The third-order valence-corrected chi connectivity index (χ3v) is 6.45. The number of piperidine rings is 1. The minimum Gasteiger partial charge on any atom is -0.463 e. The average Bonchev–Trinajstić information content (AvgIpc) is 2.97. The van der Waals surface area contributed by atoms with Crippen molar-refractivity contribution in [3.05, 3.63) is 12.4 Å². The summed E-state index contributed by atoms with van der Waals surface area (Å²) < 4.78 is 17.7. The number of likely N-dealkylation sites (tertiary alicyclic amines) is 1. The summed E-state index contributed by atoms with van der Waals surface area (Å²) in [6.45, 7) is 9.19. The lowest BCUT2D eigenvalue weighted by atomic mass is 9.81. The number of aliphatic hydroxyl groups excluding tert-OH is 2. The highest BCUT2D eigenvalue weighted by atomic mass is 16.7.